The first-order valence-corrected chi connectivity index (χ1v) is 7.48. The van der Waals surface area contributed by atoms with Crippen LogP contribution in [0.4, 0.5) is 0 Å². The van der Waals surface area contributed by atoms with Gasteiger partial charge < -0.3 is 14.4 Å². The average Bonchev–Trinajstić information content (AvgIpc) is 3.11. The monoisotopic (exact) mass is 290 g/mol. The van der Waals surface area contributed by atoms with E-state index in [2.05, 4.69) is 5.32 Å². The summed E-state index contributed by atoms with van der Waals surface area (Å²) in [5.41, 5.74) is 1.01. The molecule has 1 amide bonds. The molecule has 3 atom stereocenters. The van der Waals surface area contributed by atoms with Gasteiger partial charge in [0, 0.05) is 24.6 Å². The minimum absolute atomic E-state index is 0.121. The summed E-state index contributed by atoms with van der Waals surface area (Å²) in [5, 5.41) is 3.37. The molecule has 2 saturated heterocycles. The fraction of sp³-hybridized carbons (Fsp3) is 0.562. The number of hydrogen-bond donors (Lipinski definition) is 1. The zero-order chi connectivity index (χ0) is 14.8. The number of carbonyl (C=O) groups is 1. The largest absolute Gasteiger partial charge is 0.496 e. The van der Waals surface area contributed by atoms with Gasteiger partial charge in [-0.3, -0.25) is 10.1 Å². The van der Waals surface area contributed by atoms with Crippen molar-refractivity contribution in [1.82, 2.24) is 10.2 Å². The average molecular weight is 290 g/mol. The maximum atomic E-state index is 12.5. The fourth-order valence-electron chi connectivity index (χ4n) is 3.12. The van der Waals surface area contributed by atoms with E-state index in [1.807, 2.05) is 36.1 Å². The van der Waals surface area contributed by atoms with E-state index in [0.29, 0.717) is 5.92 Å². The molecule has 2 aliphatic heterocycles. The normalized spacial score (nSPS) is 29.1. The number of nitrogens with zero attached hydrogens (tertiary/aromatic N) is 1. The summed E-state index contributed by atoms with van der Waals surface area (Å²) in [5.74, 6) is 1.39. The maximum Gasteiger partial charge on any atom is 0.241 e. The van der Waals surface area contributed by atoms with Crippen LogP contribution in [0.2, 0.25) is 0 Å². The van der Waals surface area contributed by atoms with E-state index in [1.54, 1.807) is 7.11 Å². The lowest BCUT2D eigenvalue weighted by Crippen LogP contribution is -2.35. The van der Waals surface area contributed by atoms with Gasteiger partial charge in [0.25, 0.3) is 0 Å². The van der Waals surface area contributed by atoms with E-state index in [4.69, 9.17) is 9.47 Å². The first-order chi connectivity index (χ1) is 10.2. The molecular weight excluding hydrogens is 268 g/mol. The van der Waals surface area contributed by atoms with Crippen LogP contribution in [0.3, 0.4) is 0 Å². The Hall–Kier alpha value is -1.59. The van der Waals surface area contributed by atoms with E-state index in [0.717, 1.165) is 37.5 Å². The Morgan fingerprint density at radius 3 is 2.95 bits per heavy atom. The van der Waals surface area contributed by atoms with E-state index in [-0.39, 0.29) is 18.1 Å². The molecule has 2 heterocycles. The molecule has 0 spiro atoms. The van der Waals surface area contributed by atoms with Crippen LogP contribution < -0.4 is 10.1 Å². The van der Waals surface area contributed by atoms with Crippen molar-refractivity contribution in [3.8, 4) is 5.75 Å². The molecule has 0 aliphatic carbocycles. The number of para-hydroxylation sites is 1. The number of hydrogen-bond acceptors (Lipinski definition) is 4. The number of nitrogens with one attached hydrogen (secondary N) is 1. The quantitative estimate of drug-likeness (QED) is 0.914. The van der Waals surface area contributed by atoms with E-state index < -0.39 is 0 Å². The summed E-state index contributed by atoms with van der Waals surface area (Å²) in [7, 11) is 1.66. The molecule has 21 heavy (non-hydrogen) atoms. The number of amides is 1. The highest BCUT2D eigenvalue weighted by Gasteiger charge is 2.39. The van der Waals surface area contributed by atoms with E-state index in [9.17, 15) is 4.79 Å². The molecule has 0 radical (unpaired) electrons. The molecule has 1 aromatic carbocycles. The molecule has 5 nitrogen and oxygen atoms in total. The summed E-state index contributed by atoms with van der Waals surface area (Å²) >= 11 is 0. The van der Waals surface area contributed by atoms with Crippen molar-refractivity contribution < 1.29 is 14.3 Å². The molecule has 3 unspecified atom stereocenters. The zero-order valence-electron chi connectivity index (χ0n) is 12.5. The van der Waals surface area contributed by atoms with Crippen molar-refractivity contribution >= 4 is 5.91 Å². The van der Waals surface area contributed by atoms with Crippen LogP contribution in [-0.4, -0.2) is 43.7 Å². The second-order valence-electron chi connectivity index (χ2n) is 5.75. The predicted molar refractivity (Wildman–Crippen MR) is 79.0 cm³/mol. The molecule has 2 aliphatic rings. The summed E-state index contributed by atoms with van der Waals surface area (Å²) in [6.45, 7) is 4.20. The number of carbonyl (C=O) groups excluding carboxylic acids is 1. The van der Waals surface area contributed by atoms with Gasteiger partial charge in [-0.25, -0.2) is 0 Å². The van der Waals surface area contributed by atoms with Gasteiger partial charge in [-0.05, 0) is 19.4 Å². The molecule has 0 saturated carbocycles. The second kappa shape index (κ2) is 6.03. The lowest BCUT2D eigenvalue weighted by Gasteiger charge is -2.27. The summed E-state index contributed by atoms with van der Waals surface area (Å²) in [4.78, 5) is 14.4. The minimum atomic E-state index is -0.165. The van der Waals surface area contributed by atoms with Gasteiger partial charge in [-0.2, -0.15) is 0 Å². The van der Waals surface area contributed by atoms with Gasteiger partial charge in [-0.15, -0.1) is 0 Å². The van der Waals surface area contributed by atoms with Gasteiger partial charge in [0.1, 0.15) is 11.9 Å². The Morgan fingerprint density at radius 2 is 2.24 bits per heavy atom. The van der Waals surface area contributed by atoms with Gasteiger partial charge in [0.2, 0.25) is 5.91 Å². The molecule has 1 N–H and O–H groups in total. The van der Waals surface area contributed by atoms with Crippen molar-refractivity contribution in [3.05, 3.63) is 29.8 Å². The highest BCUT2D eigenvalue weighted by atomic mass is 16.5. The Morgan fingerprint density at radius 1 is 1.43 bits per heavy atom. The number of methoxy groups -OCH3 is 1. The lowest BCUT2D eigenvalue weighted by molar-refractivity contribution is -0.130. The smallest absolute Gasteiger partial charge is 0.241 e. The minimum Gasteiger partial charge on any atom is -0.496 e. The van der Waals surface area contributed by atoms with Gasteiger partial charge >= 0.3 is 0 Å². The highest BCUT2D eigenvalue weighted by Crippen LogP contribution is 2.33. The van der Waals surface area contributed by atoms with Crippen molar-refractivity contribution in [1.29, 1.82) is 0 Å². The van der Waals surface area contributed by atoms with Crippen molar-refractivity contribution in [2.45, 2.75) is 25.6 Å². The molecule has 1 aromatic rings. The van der Waals surface area contributed by atoms with Crippen LogP contribution in [0.25, 0.3) is 0 Å². The Bertz CT molecular complexity index is 514. The van der Waals surface area contributed by atoms with Crippen LogP contribution in [0, 0.1) is 5.92 Å². The topological polar surface area (TPSA) is 50.8 Å². The highest BCUT2D eigenvalue weighted by molar-refractivity contribution is 5.84. The number of rotatable bonds is 4. The third kappa shape index (κ3) is 2.76. The molecule has 0 aromatic heterocycles. The fourth-order valence-corrected chi connectivity index (χ4v) is 3.12. The Labute approximate surface area is 125 Å². The predicted octanol–water partition coefficient (Wildman–Crippen LogP) is 1.55. The number of benzene rings is 1. The van der Waals surface area contributed by atoms with Gasteiger partial charge in [0.05, 0.1) is 19.8 Å². The third-order valence-electron chi connectivity index (χ3n) is 4.29. The van der Waals surface area contributed by atoms with Crippen molar-refractivity contribution in [3.63, 3.8) is 0 Å². The standard InChI is InChI=1S/C16H22N2O3/c1-11-16(19)18(9-12-7-8-21-10-12)15(17-11)13-5-3-4-6-14(13)20-2/h3-6,11-12,15,17H,7-10H2,1-2H3. The van der Waals surface area contributed by atoms with Gasteiger partial charge in [0.15, 0.2) is 0 Å². The third-order valence-corrected chi connectivity index (χ3v) is 4.29. The van der Waals surface area contributed by atoms with Crippen LogP contribution >= 0.6 is 0 Å². The van der Waals surface area contributed by atoms with Crippen LogP contribution in [0.5, 0.6) is 5.75 Å². The summed E-state index contributed by atoms with van der Waals surface area (Å²) in [6, 6.07) is 7.70. The summed E-state index contributed by atoms with van der Waals surface area (Å²) < 4.78 is 10.9. The van der Waals surface area contributed by atoms with Crippen LogP contribution in [0.15, 0.2) is 24.3 Å². The van der Waals surface area contributed by atoms with Crippen molar-refractivity contribution in [2.75, 3.05) is 26.9 Å². The first-order valence-electron chi connectivity index (χ1n) is 7.48. The first kappa shape index (κ1) is 14.4. The van der Waals surface area contributed by atoms with E-state index >= 15 is 0 Å². The van der Waals surface area contributed by atoms with Crippen molar-refractivity contribution in [2.24, 2.45) is 5.92 Å². The van der Waals surface area contributed by atoms with Gasteiger partial charge in [-0.1, -0.05) is 18.2 Å². The maximum absolute atomic E-state index is 12.5. The molecule has 2 fully saturated rings. The zero-order valence-corrected chi connectivity index (χ0v) is 12.5. The Kier molecular flexibility index (Phi) is 4.12. The number of ether oxygens (including phenoxy) is 2. The van der Waals surface area contributed by atoms with Crippen LogP contribution in [0.1, 0.15) is 25.1 Å². The molecular formula is C16H22N2O3. The SMILES string of the molecule is COc1ccccc1C1NC(C)C(=O)N1CC1CCOC1. The summed E-state index contributed by atoms with van der Waals surface area (Å²) in [6.07, 6.45) is 0.904. The second-order valence-corrected chi connectivity index (χ2v) is 5.75. The van der Waals surface area contributed by atoms with Crippen LogP contribution in [-0.2, 0) is 9.53 Å². The molecule has 114 valence electrons. The Balaban J connectivity index is 1.85. The molecule has 5 heteroatoms. The lowest BCUT2D eigenvalue weighted by atomic mass is 10.1. The molecule has 3 rings (SSSR count). The molecule has 0 bridgehead atoms. The van der Waals surface area contributed by atoms with E-state index in [1.165, 1.54) is 0 Å².